The summed E-state index contributed by atoms with van der Waals surface area (Å²) in [4.78, 5) is 8.68. The number of rotatable bonds is 3. The molecule has 0 radical (unpaired) electrons. The smallest absolute Gasteiger partial charge is 0.239 e. The van der Waals surface area contributed by atoms with E-state index in [1.165, 1.54) is 0 Å². The number of hydrazine groups is 1. The zero-order valence-electron chi connectivity index (χ0n) is 9.89. The van der Waals surface area contributed by atoms with Gasteiger partial charge in [0.15, 0.2) is 0 Å². The second kappa shape index (κ2) is 4.75. The number of nitrogens with one attached hydrogen (secondary N) is 2. The molecule has 6 nitrogen and oxygen atoms in total. The van der Waals surface area contributed by atoms with Gasteiger partial charge in [-0.2, -0.15) is 4.98 Å². The average molecular weight is 245 g/mol. The molecule has 1 atom stereocenters. The number of benzene rings is 1. The van der Waals surface area contributed by atoms with E-state index in [2.05, 4.69) is 20.7 Å². The highest BCUT2D eigenvalue weighted by molar-refractivity contribution is 5.90. The summed E-state index contributed by atoms with van der Waals surface area (Å²) in [5, 5.41) is 4.38. The van der Waals surface area contributed by atoms with Crippen LogP contribution < -0.4 is 16.6 Å². The van der Waals surface area contributed by atoms with Crippen LogP contribution in [-0.4, -0.2) is 29.2 Å². The monoisotopic (exact) mass is 245 g/mol. The van der Waals surface area contributed by atoms with Crippen molar-refractivity contribution in [2.24, 2.45) is 5.84 Å². The van der Waals surface area contributed by atoms with Crippen LogP contribution in [0.2, 0.25) is 0 Å². The van der Waals surface area contributed by atoms with Crippen molar-refractivity contribution >= 4 is 22.7 Å². The Morgan fingerprint density at radius 1 is 1.28 bits per heavy atom. The highest BCUT2D eigenvalue weighted by Crippen LogP contribution is 2.23. The molecule has 4 N–H and O–H groups in total. The summed E-state index contributed by atoms with van der Waals surface area (Å²) in [5.41, 5.74) is 3.35. The van der Waals surface area contributed by atoms with Gasteiger partial charge >= 0.3 is 0 Å². The van der Waals surface area contributed by atoms with Gasteiger partial charge in [0.05, 0.1) is 18.2 Å². The minimum Gasteiger partial charge on any atom is -0.379 e. The topological polar surface area (TPSA) is 85.1 Å². The highest BCUT2D eigenvalue weighted by Gasteiger charge is 2.17. The predicted octanol–water partition coefficient (Wildman–Crippen LogP) is 1.12. The number of ether oxygens (including phenoxy) is 1. The molecule has 0 bridgehead atoms. The van der Waals surface area contributed by atoms with E-state index in [9.17, 15) is 0 Å². The van der Waals surface area contributed by atoms with Gasteiger partial charge in [0.2, 0.25) is 5.95 Å². The second-order valence-electron chi connectivity index (χ2n) is 4.26. The van der Waals surface area contributed by atoms with E-state index in [0.717, 1.165) is 29.7 Å². The first-order chi connectivity index (χ1) is 8.86. The molecule has 3 rings (SSSR count). The molecule has 1 saturated heterocycles. The maximum atomic E-state index is 5.39. The first kappa shape index (κ1) is 11.2. The van der Waals surface area contributed by atoms with Crippen molar-refractivity contribution in [1.82, 2.24) is 9.97 Å². The van der Waals surface area contributed by atoms with Gasteiger partial charge in [-0.15, -0.1) is 0 Å². The molecular formula is C12H15N5O. The third kappa shape index (κ3) is 2.07. The number of para-hydroxylation sites is 1. The fourth-order valence-electron chi connectivity index (χ4n) is 2.09. The van der Waals surface area contributed by atoms with E-state index < -0.39 is 0 Å². The van der Waals surface area contributed by atoms with Crippen LogP contribution in [0.15, 0.2) is 24.3 Å². The Bertz CT molecular complexity index is 553. The first-order valence-corrected chi connectivity index (χ1v) is 5.94. The first-order valence-electron chi connectivity index (χ1n) is 5.94. The number of fused-ring (bicyclic) bond motifs is 1. The maximum absolute atomic E-state index is 5.39. The Labute approximate surface area is 105 Å². The molecule has 94 valence electrons. The zero-order chi connectivity index (χ0) is 12.4. The van der Waals surface area contributed by atoms with E-state index in [4.69, 9.17) is 10.6 Å². The predicted molar refractivity (Wildman–Crippen MR) is 70.2 cm³/mol. The number of nitrogen functional groups attached to an aromatic ring is 1. The molecule has 6 heteroatoms. The van der Waals surface area contributed by atoms with Crippen molar-refractivity contribution in [3.63, 3.8) is 0 Å². The molecule has 0 amide bonds. The maximum Gasteiger partial charge on any atom is 0.239 e. The van der Waals surface area contributed by atoms with Gasteiger partial charge in [-0.3, -0.25) is 5.43 Å². The lowest BCUT2D eigenvalue weighted by atomic mass is 10.2. The van der Waals surface area contributed by atoms with E-state index in [0.29, 0.717) is 18.6 Å². The third-order valence-electron chi connectivity index (χ3n) is 3.00. The van der Waals surface area contributed by atoms with Gasteiger partial charge in [0.1, 0.15) is 5.82 Å². The molecule has 1 aliphatic heterocycles. The van der Waals surface area contributed by atoms with Crippen LogP contribution in [0.4, 0.5) is 11.8 Å². The number of nitrogens with two attached hydrogens (primary N) is 1. The summed E-state index contributed by atoms with van der Waals surface area (Å²) in [6.45, 7) is 1.51. The van der Waals surface area contributed by atoms with E-state index >= 15 is 0 Å². The van der Waals surface area contributed by atoms with Crippen molar-refractivity contribution < 1.29 is 4.74 Å². The zero-order valence-corrected chi connectivity index (χ0v) is 9.89. The van der Waals surface area contributed by atoms with Crippen LogP contribution in [-0.2, 0) is 4.74 Å². The van der Waals surface area contributed by atoms with Crippen molar-refractivity contribution in [2.45, 2.75) is 12.5 Å². The van der Waals surface area contributed by atoms with Crippen LogP contribution in [0, 0.1) is 0 Å². The molecule has 1 aromatic heterocycles. The van der Waals surface area contributed by atoms with Crippen molar-refractivity contribution in [2.75, 3.05) is 24.0 Å². The van der Waals surface area contributed by atoms with Gasteiger partial charge in [-0.1, -0.05) is 12.1 Å². The Balaban J connectivity index is 2.01. The molecular weight excluding hydrogens is 230 g/mol. The van der Waals surface area contributed by atoms with Crippen LogP contribution in [0.25, 0.3) is 10.9 Å². The molecule has 0 spiro atoms. The summed E-state index contributed by atoms with van der Waals surface area (Å²) in [7, 11) is 0. The van der Waals surface area contributed by atoms with Gasteiger partial charge in [-0.25, -0.2) is 10.8 Å². The molecule has 1 unspecified atom stereocenters. The van der Waals surface area contributed by atoms with E-state index in [-0.39, 0.29) is 0 Å². The Kier molecular flexibility index (Phi) is 2.95. The fraction of sp³-hybridized carbons (Fsp3) is 0.333. The van der Waals surface area contributed by atoms with Crippen LogP contribution >= 0.6 is 0 Å². The van der Waals surface area contributed by atoms with Crippen LogP contribution in [0.1, 0.15) is 6.42 Å². The van der Waals surface area contributed by atoms with Crippen LogP contribution in [0.3, 0.4) is 0 Å². The second-order valence-corrected chi connectivity index (χ2v) is 4.26. The molecule has 0 saturated carbocycles. The van der Waals surface area contributed by atoms with Gasteiger partial charge in [-0.05, 0) is 18.6 Å². The van der Waals surface area contributed by atoms with Crippen molar-refractivity contribution in [1.29, 1.82) is 0 Å². The van der Waals surface area contributed by atoms with E-state index in [1.807, 2.05) is 24.3 Å². The Morgan fingerprint density at radius 2 is 2.17 bits per heavy atom. The van der Waals surface area contributed by atoms with Gasteiger partial charge in [0.25, 0.3) is 0 Å². The number of aromatic nitrogens is 2. The van der Waals surface area contributed by atoms with Gasteiger partial charge in [0, 0.05) is 12.0 Å². The number of anilines is 2. The minimum atomic E-state index is 0.300. The fourth-order valence-corrected chi connectivity index (χ4v) is 2.09. The normalized spacial score (nSPS) is 19.1. The van der Waals surface area contributed by atoms with Crippen molar-refractivity contribution in [3.05, 3.63) is 24.3 Å². The summed E-state index contributed by atoms with van der Waals surface area (Å²) < 4.78 is 5.35. The Morgan fingerprint density at radius 3 is 2.94 bits per heavy atom. The average Bonchev–Trinajstić information content (AvgIpc) is 2.91. The summed E-state index contributed by atoms with van der Waals surface area (Å²) in [6, 6.07) is 8.14. The molecule has 1 aromatic carbocycles. The molecule has 1 aliphatic rings. The summed E-state index contributed by atoms with van der Waals surface area (Å²) >= 11 is 0. The quantitative estimate of drug-likeness (QED) is 0.555. The highest BCUT2D eigenvalue weighted by atomic mass is 16.5. The molecule has 18 heavy (non-hydrogen) atoms. The van der Waals surface area contributed by atoms with Gasteiger partial charge < -0.3 is 10.1 Å². The summed E-state index contributed by atoms with van der Waals surface area (Å²) in [5.74, 6) is 6.60. The number of nitrogens with zero attached hydrogens (tertiary/aromatic N) is 2. The summed E-state index contributed by atoms with van der Waals surface area (Å²) in [6.07, 6.45) is 0.990. The molecule has 2 heterocycles. The van der Waals surface area contributed by atoms with Crippen molar-refractivity contribution in [3.8, 4) is 0 Å². The lowest BCUT2D eigenvalue weighted by Gasteiger charge is -2.14. The van der Waals surface area contributed by atoms with Crippen LogP contribution in [0.5, 0.6) is 0 Å². The Hall–Kier alpha value is -1.92. The lowest BCUT2D eigenvalue weighted by Crippen LogP contribution is -2.21. The SMILES string of the molecule is NNc1nc(NC2CCOC2)c2ccccc2n1. The molecule has 0 aliphatic carbocycles. The molecule has 1 fully saturated rings. The van der Waals surface area contributed by atoms with E-state index in [1.54, 1.807) is 0 Å². The number of hydrogen-bond donors (Lipinski definition) is 3. The third-order valence-corrected chi connectivity index (χ3v) is 3.00. The number of hydrogen-bond acceptors (Lipinski definition) is 6. The largest absolute Gasteiger partial charge is 0.379 e. The molecule has 2 aromatic rings. The lowest BCUT2D eigenvalue weighted by molar-refractivity contribution is 0.195. The minimum absolute atomic E-state index is 0.300. The standard InChI is InChI=1S/C12H15N5O/c13-17-12-15-10-4-2-1-3-9(10)11(16-12)14-8-5-6-18-7-8/h1-4,8H,5-7,13H2,(H2,14,15,16,17).